The lowest BCUT2D eigenvalue weighted by Crippen LogP contribution is -2.39. The minimum atomic E-state index is -0.363. The molecule has 0 amide bonds. The van der Waals surface area contributed by atoms with Crippen LogP contribution < -0.4 is 4.90 Å². The van der Waals surface area contributed by atoms with Crippen LogP contribution in [-0.2, 0) is 9.53 Å². The quantitative estimate of drug-likeness (QED) is 0.766. The van der Waals surface area contributed by atoms with Gasteiger partial charge in [0.25, 0.3) is 0 Å². The second-order valence-electron chi connectivity index (χ2n) is 5.70. The number of hydrogen-bond donors (Lipinski definition) is 0. The summed E-state index contributed by atoms with van der Waals surface area (Å²) < 4.78 is 5.00. The molecule has 0 saturated carbocycles. The summed E-state index contributed by atoms with van der Waals surface area (Å²) in [6.07, 6.45) is 1.91. The fraction of sp³-hybridized carbons (Fsp3) is 0.562. The van der Waals surface area contributed by atoms with Crippen molar-refractivity contribution in [3.05, 3.63) is 30.3 Å². The molecule has 1 aliphatic heterocycles. The zero-order valence-corrected chi connectivity index (χ0v) is 12.1. The summed E-state index contributed by atoms with van der Waals surface area (Å²) in [7, 11) is 1.49. The number of benzene rings is 1. The van der Waals surface area contributed by atoms with E-state index >= 15 is 0 Å². The second kappa shape index (κ2) is 5.64. The highest BCUT2D eigenvalue weighted by Gasteiger charge is 2.41. The fourth-order valence-corrected chi connectivity index (χ4v) is 2.92. The molecule has 0 bridgehead atoms. The van der Waals surface area contributed by atoms with Crippen LogP contribution in [0.15, 0.2) is 30.3 Å². The Bertz CT molecular complexity index is 432. The monoisotopic (exact) mass is 261 g/mol. The Kier molecular flexibility index (Phi) is 4.13. The average Bonchev–Trinajstić information content (AvgIpc) is 2.60. The number of esters is 1. The van der Waals surface area contributed by atoms with Gasteiger partial charge < -0.3 is 9.64 Å². The summed E-state index contributed by atoms with van der Waals surface area (Å²) in [5.41, 5.74) is 0.877. The maximum atomic E-state index is 12.1. The van der Waals surface area contributed by atoms with Gasteiger partial charge in [-0.05, 0) is 37.8 Å². The van der Waals surface area contributed by atoms with Crippen molar-refractivity contribution >= 4 is 11.7 Å². The maximum Gasteiger partial charge on any atom is 0.311 e. The van der Waals surface area contributed by atoms with E-state index in [9.17, 15) is 4.79 Å². The molecule has 0 aliphatic carbocycles. The number of rotatable bonds is 2. The molecule has 104 valence electrons. The Hall–Kier alpha value is -1.51. The summed E-state index contributed by atoms with van der Waals surface area (Å²) in [5.74, 6) is 0.206. The Morgan fingerprint density at radius 1 is 1.37 bits per heavy atom. The smallest absolute Gasteiger partial charge is 0.311 e. The van der Waals surface area contributed by atoms with Gasteiger partial charge in [-0.15, -0.1) is 0 Å². The zero-order valence-electron chi connectivity index (χ0n) is 12.1. The van der Waals surface area contributed by atoms with E-state index in [-0.39, 0.29) is 17.3 Å². The first-order valence-corrected chi connectivity index (χ1v) is 6.96. The Balaban J connectivity index is 2.17. The van der Waals surface area contributed by atoms with Crippen molar-refractivity contribution < 1.29 is 9.53 Å². The maximum absolute atomic E-state index is 12.1. The van der Waals surface area contributed by atoms with Crippen LogP contribution in [0.5, 0.6) is 0 Å². The first-order valence-electron chi connectivity index (χ1n) is 6.96. The minimum Gasteiger partial charge on any atom is -0.469 e. The first-order chi connectivity index (χ1) is 9.08. The molecule has 1 aliphatic rings. The number of carbonyl (C=O) groups is 1. The summed E-state index contributed by atoms with van der Waals surface area (Å²) in [6, 6.07) is 10.4. The molecule has 1 heterocycles. The number of hydrogen-bond acceptors (Lipinski definition) is 3. The van der Waals surface area contributed by atoms with E-state index in [1.807, 2.05) is 13.0 Å². The van der Waals surface area contributed by atoms with E-state index in [1.54, 1.807) is 0 Å². The molecule has 2 rings (SSSR count). The Morgan fingerprint density at radius 2 is 2.05 bits per heavy atom. The van der Waals surface area contributed by atoms with Crippen molar-refractivity contribution in [3.63, 3.8) is 0 Å². The largest absolute Gasteiger partial charge is 0.469 e. The van der Waals surface area contributed by atoms with Gasteiger partial charge in [0, 0.05) is 18.8 Å². The molecule has 0 radical (unpaired) electrons. The van der Waals surface area contributed by atoms with Gasteiger partial charge in [-0.3, -0.25) is 4.79 Å². The van der Waals surface area contributed by atoms with Gasteiger partial charge in [0.2, 0.25) is 0 Å². The van der Waals surface area contributed by atoms with Crippen molar-refractivity contribution in [2.45, 2.75) is 26.7 Å². The molecule has 2 unspecified atom stereocenters. The van der Waals surface area contributed by atoms with Gasteiger partial charge in [-0.25, -0.2) is 0 Å². The van der Waals surface area contributed by atoms with Crippen LogP contribution in [0.1, 0.15) is 26.7 Å². The number of carbonyl (C=O) groups excluding carboxylic acids is 1. The first kappa shape index (κ1) is 13.9. The molecule has 0 aromatic heterocycles. The predicted molar refractivity (Wildman–Crippen MR) is 77.2 cm³/mol. The lowest BCUT2D eigenvalue weighted by molar-refractivity contribution is -0.155. The summed E-state index contributed by atoms with van der Waals surface area (Å²) in [6.45, 7) is 6.09. The fourth-order valence-electron chi connectivity index (χ4n) is 2.92. The molecule has 1 saturated heterocycles. The molecular weight excluding hydrogens is 238 g/mol. The molecule has 19 heavy (non-hydrogen) atoms. The highest BCUT2D eigenvalue weighted by molar-refractivity contribution is 5.76. The molecule has 3 nitrogen and oxygen atoms in total. The van der Waals surface area contributed by atoms with Crippen LogP contribution >= 0.6 is 0 Å². The van der Waals surface area contributed by atoms with Crippen LogP contribution in [0.25, 0.3) is 0 Å². The van der Waals surface area contributed by atoms with Gasteiger partial charge in [-0.2, -0.15) is 0 Å². The molecule has 1 fully saturated rings. The van der Waals surface area contributed by atoms with Gasteiger partial charge in [-0.1, -0.05) is 25.1 Å². The van der Waals surface area contributed by atoms with E-state index in [2.05, 4.69) is 36.1 Å². The van der Waals surface area contributed by atoms with Crippen molar-refractivity contribution in [2.75, 3.05) is 25.1 Å². The lowest BCUT2D eigenvalue weighted by atomic mass is 9.75. The molecule has 1 aromatic rings. The zero-order chi connectivity index (χ0) is 13.9. The molecule has 2 atom stereocenters. The van der Waals surface area contributed by atoms with E-state index in [0.717, 1.165) is 25.9 Å². The number of ether oxygens (including phenoxy) is 1. The minimum absolute atomic E-state index is 0.0742. The van der Waals surface area contributed by atoms with Crippen LogP contribution in [-0.4, -0.2) is 26.2 Å². The number of nitrogens with zero attached hydrogens (tertiary/aromatic N) is 1. The summed E-state index contributed by atoms with van der Waals surface area (Å²) in [4.78, 5) is 14.4. The third-order valence-electron chi connectivity index (χ3n) is 4.48. The van der Waals surface area contributed by atoms with Crippen LogP contribution in [0.3, 0.4) is 0 Å². The molecule has 0 N–H and O–H groups in total. The van der Waals surface area contributed by atoms with Crippen molar-refractivity contribution in [1.82, 2.24) is 0 Å². The second-order valence-corrected chi connectivity index (χ2v) is 5.70. The molecule has 1 aromatic carbocycles. The van der Waals surface area contributed by atoms with Gasteiger partial charge in [0.15, 0.2) is 0 Å². The van der Waals surface area contributed by atoms with E-state index in [0.29, 0.717) is 0 Å². The molecular formula is C16H23NO2. The van der Waals surface area contributed by atoms with Gasteiger partial charge in [0.1, 0.15) is 0 Å². The normalized spacial score (nSPS) is 27.7. The van der Waals surface area contributed by atoms with Crippen molar-refractivity contribution in [3.8, 4) is 0 Å². The predicted octanol–water partition coefficient (Wildman–Crippen LogP) is 3.10. The van der Waals surface area contributed by atoms with Crippen LogP contribution in [0.4, 0.5) is 5.69 Å². The van der Waals surface area contributed by atoms with E-state index < -0.39 is 0 Å². The standard InChI is InChI=1S/C16H23NO2/c1-13-12-17(14-8-5-4-6-9-14)11-7-10-16(13,2)15(18)19-3/h4-6,8-9,13H,7,10-12H2,1-3H3. The Labute approximate surface area is 115 Å². The van der Waals surface area contributed by atoms with E-state index in [1.165, 1.54) is 12.8 Å². The highest BCUT2D eigenvalue weighted by atomic mass is 16.5. The molecule has 3 heteroatoms. The number of methoxy groups -OCH3 is 1. The van der Waals surface area contributed by atoms with E-state index in [4.69, 9.17) is 4.74 Å². The van der Waals surface area contributed by atoms with Crippen molar-refractivity contribution in [1.29, 1.82) is 0 Å². The van der Waals surface area contributed by atoms with Crippen LogP contribution in [0.2, 0.25) is 0 Å². The van der Waals surface area contributed by atoms with Crippen molar-refractivity contribution in [2.24, 2.45) is 11.3 Å². The SMILES string of the molecule is COC(=O)C1(C)CCCN(c2ccccc2)CC1C. The topological polar surface area (TPSA) is 29.5 Å². The summed E-state index contributed by atoms with van der Waals surface area (Å²) in [5, 5.41) is 0. The third kappa shape index (κ3) is 2.75. The molecule has 0 spiro atoms. The Morgan fingerprint density at radius 3 is 2.68 bits per heavy atom. The van der Waals surface area contributed by atoms with Gasteiger partial charge >= 0.3 is 5.97 Å². The number of para-hydroxylation sites is 1. The average molecular weight is 261 g/mol. The number of anilines is 1. The lowest BCUT2D eigenvalue weighted by Gasteiger charge is -2.32. The van der Waals surface area contributed by atoms with Gasteiger partial charge in [0.05, 0.1) is 12.5 Å². The summed E-state index contributed by atoms with van der Waals surface area (Å²) >= 11 is 0. The highest BCUT2D eigenvalue weighted by Crippen LogP contribution is 2.37. The van der Waals surface area contributed by atoms with Crippen LogP contribution in [0, 0.1) is 11.3 Å². The third-order valence-corrected chi connectivity index (χ3v) is 4.48.